The number of benzene rings is 1. The van der Waals surface area contributed by atoms with Crippen LogP contribution in [0.4, 0.5) is 26.7 Å². The summed E-state index contributed by atoms with van der Waals surface area (Å²) < 4.78 is 88.4. The van der Waals surface area contributed by atoms with E-state index >= 15 is 0 Å². The number of nitrogens with one attached hydrogen (secondary N) is 1. The molecule has 1 aromatic rings. The summed E-state index contributed by atoms with van der Waals surface area (Å²) in [5.41, 5.74) is 5.20. The van der Waals surface area contributed by atoms with Gasteiger partial charge in [-0.2, -0.15) is 22.0 Å². The zero-order valence-corrected chi connectivity index (χ0v) is 29.2. The van der Waals surface area contributed by atoms with Gasteiger partial charge >= 0.3 is 18.2 Å². The van der Waals surface area contributed by atoms with Gasteiger partial charge < -0.3 is 19.6 Å². The summed E-state index contributed by atoms with van der Waals surface area (Å²) in [4.78, 5) is 15.0. The molecule has 1 aromatic carbocycles. The number of piperidine rings is 1. The zero-order valence-electron chi connectivity index (χ0n) is 28.4. The van der Waals surface area contributed by atoms with Crippen molar-refractivity contribution in [1.29, 1.82) is 0 Å². The molecule has 4 fully saturated rings. The maximum Gasteiger partial charge on any atom is 0.453 e. The number of hydroxylamine groups is 1. The fourth-order valence-corrected chi connectivity index (χ4v) is 11.3. The number of carbonyl (C=O) groups excluding carboxylic acids is 1. The summed E-state index contributed by atoms with van der Waals surface area (Å²) >= 11 is 0. The Balaban J connectivity index is 1.11. The van der Waals surface area contributed by atoms with Crippen molar-refractivity contribution >= 4 is 16.9 Å². The second kappa shape index (κ2) is 14.7. The van der Waals surface area contributed by atoms with E-state index in [9.17, 15) is 36.2 Å². The molecule has 2 saturated heterocycles. The predicted octanol–water partition coefficient (Wildman–Crippen LogP) is 8.01. The molecule has 276 valence electrons. The summed E-state index contributed by atoms with van der Waals surface area (Å²) in [7, 11) is -1.49. The highest BCUT2D eigenvalue weighted by Crippen LogP contribution is 2.62. The molecule has 2 unspecified atom stereocenters. The van der Waals surface area contributed by atoms with Crippen molar-refractivity contribution in [1.82, 2.24) is 10.4 Å². The first kappa shape index (κ1) is 36.9. The number of carbonyl (C=O) groups is 1. The number of fused-ring (bicyclic) bond motifs is 5. The van der Waals surface area contributed by atoms with Crippen LogP contribution in [-0.4, -0.2) is 76.4 Å². The van der Waals surface area contributed by atoms with E-state index < -0.39 is 35.7 Å². The molecule has 0 radical (unpaired) electrons. The molecule has 2 aliphatic heterocycles. The molecule has 2 saturated carbocycles. The maximum atomic E-state index is 13.3. The lowest BCUT2D eigenvalue weighted by Gasteiger charge is -2.53. The van der Waals surface area contributed by atoms with Gasteiger partial charge in [-0.1, -0.05) is 13.0 Å². The average molecular weight is 719 g/mol. The molecule has 7 atom stereocenters. The Morgan fingerprint density at radius 1 is 1.04 bits per heavy atom. The Labute approximate surface area is 288 Å². The number of alkyl halides is 5. The second-order valence-corrected chi connectivity index (χ2v) is 17.4. The van der Waals surface area contributed by atoms with Crippen LogP contribution in [0.1, 0.15) is 101 Å². The monoisotopic (exact) mass is 718 g/mol. The number of ether oxygens (including phenoxy) is 2. The minimum Gasteiger partial charge on any atom is -0.410 e. The predicted molar refractivity (Wildman–Crippen MR) is 175 cm³/mol. The SMILES string of the molecule is C[C@]12CC[C@@H]3c4ccc(OC(=O)N5CCC6(CCOCC6)CC5)cc4C[C@@H](CCCS(=O)CCCC(F)(F)C(F)(F)F)[C@H]3[C@@H]1CCC2NO. The molecule has 2 N–H and O–H groups in total. The van der Waals surface area contributed by atoms with Gasteiger partial charge in [0.15, 0.2) is 0 Å². The van der Waals surface area contributed by atoms with Gasteiger partial charge in [-0.05, 0) is 135 Å². The summed E-state index contributed by atoms with van der Waals surface area (Å²) in [6.07, 6.45) is 2.13. The van der Waals surface area contributed by atoms with E-state index in [2.05, 4.69) is 18.5 Å². The Morgan fingerprint density at radius 3 is 2.45 bits per heavy atom. The van der Waals surface area contributed by atoms with Gasteiger partial charge in [0.2, 0.25) is 0 Å². The summed E-state index contributed by atoms with van der Waals surface area (Å²) in [6.45, 7) is 5.18. The van der Waals surface area contributed by atoms with Crippen LogP contribution in [0.15, 0.2) is 18.2 Å². The standard InChI is InChI=1S/C36H51F5N2O5S/c1-33-11-9-28-27-6-5-26(48-32(44)43-16-12-34(13-17-43)14-18-47-19-15-34)23-25(27)22-24(31(28)29(33)7-8-30(33)42-45)4-2-20-49(46)21-3-10-35(37,38)36(39,40)41/h5-6,23-24,28-31,42,45H,2-4,7-22H2,1H3/t24-,28-,29+,30?,31-,33+,49?/m1/s1. The third-order valence-corrected chi connectivity index (χ3v) is 14.6. The van der Waals surface area contributed by atoms with Gasteiger partial charge in [-0.25, -0.2) is 10.3 Å². The van der Waals surface area contributed by atoms with Gasteiger partial charge in [0, 0.05) is 61.1 Å². The lowest BCUT2D eigenvalue weighted by atomic mass is 9.52. The van der Waals surface area contributed by atoms with Gasteiger partial charge in [0.1, 0.15) is 5.75 Å². The first-order valence-corrected chi connectivity index (χ1v) is 19.6. The lowest BCUT2D eigenvalue weighted by molar-refractivity contribution is -0.284. The van der Waals surface area contributed by atoms with Crippen molar-refractivity contribution < 1.29 is 45.6 Å². The molecule has 6 rings (SSSR count). The molecule has 2 heterocycles. The highest BCUT2D eigenvalue weighted by atomic mass is 32.2. The molecule has 13 heteroatoms. The molecule has 0 bridgehead atoms. The molecular formula is C36H51F5N2O5S. The Morgan fingerprint density at radius 2 is 1.76 bits per heavy atom. The zero-order chi connectivity index (χ0) is 35.0. The number of rotatable bonds is 10. The Bertz CT molecular complexity index is 1350. The third kappa shape index (κ3) is 7.70. The van der Waals surface area contributed by atoms with Crippen LogP contribution in [0.5, 0.6) is 5.75 Å². The highest BCUT2D eigenvalue weighted by molar-refractivity contribution is 7.84. The Kier molecular flexibility index (Phi) is 11.1. The van der Waals surface area contributed by atoms with Gasteiger partial charge in [0.25, 0.3) is 0 Å². The van der Waals surface area contributed by atoms with E-state index in [-0.39, 0.29) is 40.4 Å². The smallest absolute Gasteiger partial charge is 0.410 e. The topological polar surface area (TPSA) is 88.1 Å². The van der Waals surface area contributed by atoms with Crippen LogP contribution >= 0.6 is 0 Å². The average Bonchev–Trinajstić information content (AvgIpc) is 3.40. The molecule has 49 heavy (non-hydrogen) atoms. The molecule has 0 aromatic heterocycles. The summed E-state index contributed by atoms with van der Waals surface area (Å²) in [5, 5.41) is 9.98. The number of nitrogens with zero attached hydrogens (tertiary/aromatic N) is 1. The van der Waals surface area contributed by atoms with Crippen molar-refractivity contribution in [2.24, 2.45) is 28.6 Å². The number of hydrogen-bond donors (Lipinski definition) is 2. The van der Waals surface area contributed by atoms with Gasteiger partial charge in [-0.15, -0.1) is 0 Å². The van der Waals surface area contributed by atoms with E-state index in [0.29, 0.717) is 43.0 Å². The fraction of sp³-hybridized carbons (Fsp3) is 0.806. The lowest BCUT2D eigenvalue weighted by Crippen LogP contribution is -2.50. The minimum absolute atomic E-state index is 0.0146. The van der Waals surface area contributed by atoms with Crippen LogP contribution in [0.3, 0.4) is 0 Å². The first-order chi connectivity index (χ1) is 23.3. The fourth-order valence-electron chi connectivity index (χ4n) is 10.2. The van der Waals surface area contributed by atoms with Crippen LogP contribution in [0.25, 0.3) is 0 Å². The van der Waals surface area contributed by atoms with Gasteiger partial charge in [0.05, 0.1) is 0 Å². The molecular weight excluding hydrogens is 667 g/mol. The van der Waals surface area contributed by atoms with Crippen molar-refractivity contribution in [2.45, 2.75) is 114 Å². The van der Waals surface area contributed by atoms with Crippen LogP contribution in [-0.2, 0) is 22.0 Å². The maximum absolute atomic E-state index is 13.3. The summed E-state index contributed by atoms with van der Waals surface area (Å²) in [6, 6.07) is 6.04. The van der Waals surface area contributed by atoms with E-state index in [0.717, 1.165) is 83.0 Å². The molecule has 1 amide bonds. The van der Waals surface area contributed by atoms with E-state index in [1.807, 2.05) is 12.1 Å². The summed E-state index contributed by atoms with van der Waals surface area (Å²) in [5.74, 6) is -2.94. The van der Waals surface area contributed by atoms with Crippen molar-refractivity contribution in [3.05, 3.63) is 29.3 Å². The molecule has 3 aliphatic carbocycles. The van der Waals surface area contributed by atoms with E-state index in [4.69, 9.17) is 9.47 Å². The quantitative estimate of drug-likeness (QED) is 0.188. The van der Waals surface area contributed by atoms with Crippen molar-refractivity contribution in [2.75, 3.05) is 37.8 Å². The molecule has 1 spiro atoms. The van der Waals surface area contributed by atoms with Crippen LogP contribution in [0, 0.1) is 28.6 Å². The first-order valence-electron chi connectivity index (χ1n) is 18.1. The third-order valence-electron chi connectivity index (χ3n) is 13.1. The Hall–Kier alpha value is -1.83. The largest absolute Gasteiger partial charge is 0.453 e. The number of amides is 1. The van der Waals surface area contributed by atoms with E-state index in [1.165, 1.54) is 5.56 Å². The minimum atomic E-state index is -5.60. The second-order valence-electron chi connectivity index (χ2n) is 15.7. The van der Waals surface area contributed by atoms with Gasteiger partial charge in [-0.3, -0.25) is 4.21 Å². The normalized spacial score (nSPS) is 31.9. The highest BCUT2D eigenvalue weighted by Gasteiger charge is 2.58. The number of hydrogen-bond acceptors (Lipinski definition) is 6. The van der Waals surface area contributed by atoms with E-state index in [1.54, 1.807) is 4.90 Å². The number of likely N-dealkylation sites (tertiary alicyclic amines) is 1. The van der Waals surface area contributed by atoms with Crippen molar-refractivity contribution in [3.63, 3.8) is 0 Å². The van der Waals surface area contributed by atoms with Crippen molar-refractivity contribution in [3.8, 4) is 5.75 Å². The van der Waals surface area contributed by atoms with Crippen LogP contribution in [0.2, 0.25) is 0 Å². The van der Waals surface area contributed by atoms with Crippen LogP contribution < -0.4 is 10.2 Å². The number of halogens is 5. The molecule has 5 aliphatic rings. The molecule has 7 nitrogen and oxygen atoms in total.